The molecule has 2 heterocycles. The molecule has 0 atom stereocenters. The average molecular weight is 294 g/mol. The van der Waals surface area contributed by atoms with E-state index in [0.29, 0.717) is 23.0 Å². The number of amidine groups is 2. The fourth-order valence-corrected chi connectivity index (χ4v) is 2.07. The molecule has 6 nitrogen and oxygen atoms in total. The van der Waals surface area contributed by atoms with Crippen LogP contribution in [-0.4, -0.2) is 11.7 Å². The lowest BCUT2D eigenvalue weighted by atomic mass is 10.1. The first-order valence-corrected chi connectivity index (χ1v) is 6.54. The van der Waals surface area contributed by atoms with Crippen molar-refractivity contribution < 1.29 is 8.83 Å². The molecule has 3 aromatic rings. The van der Waals surface area contributed by atoms with E-state index in [0.717, 1.165) is 11.1 Å². The Hall–Kier alpha value is -3.28. The molecular formula is C16H14N4O2. The van der Waals surface area contributed by atoms with Gasteiger partial charge in [0.1, 0.15) is 11.5 Å². The van der Waals surface area contributed by atoms with E-state index < -0.39 is 0 Å². The highest BCUT2D eigenvalue weighted by Crippen LogP contribution is 2.27. The summed E-state index contributed by atoms with van der Waals surface area (Å²) in [5, 5.41) is 14.7. The summed E-state index contributed by atoms with van der Waals surface area (Å²) in [5.41, 5.74) is 12.5. The van der Waals surface area contributed by atoms with Crippen LogP contribution < -0.4 is 11.5 Å². The molecule has 0 aliphatic carbocycles. The molecule has 0 radical (unpaired) electrons. The van der Waals surface area contributed by atoms with E-state index >= 15 is 0 Å². The number of nitrogens with one attached hydrogen (secondary N) is 2. The highest BCUT2D eigenvalue weighted by atomic mass is 16.3. The summed E-state index contributed by atoms with van der Waals surface area (Å²) in [6.07, 6.45) is 0. The quantitative estimate of drug-likeness (QED) is 0.436. The maximum atomic E-state index is 7.34. The van der Waals surface area contributed by atoms with Crippen molar-refractivity contribution >= 4 is 11.7 Å². The van der Waals surface area contributed by atoms with Gasteiger partial charge in [-0.1, -0.05) is 24.3 Å². The van der Waals surface area contributed by atoms with Gasteiger partial charge in [0.15, 0.2) is 23.2 Å². The Morgan fingerprint density at radius 3 is 1.27 bits per heavy atom. The zero-order valence-corrected chi connectivity index (χ0v) is 11.6. The van der Waals surface area contributed by atoms with E-state index in [2.05, 4.69) is 0 Å². The predicted molar refractivity (Wildman–Crippen MR) is 83.9 cm³/mol. The second-order valence-electron chi connectivity index (χ2n) is 4.73. The van der Waals surface area contributed by atoms with Crippen LogP contribution in [0.25, 0.3) is 22.6 Å². The minimum absolute atomic E-state index is 0.102. The number of nitrogens with two attached hydrogens (primary N) is 2. The molecule has 22 heavy (non-hydrogen) atoms. The molecule has 2 aromatic heterocycles. The molecule has 0 bridgehead atoms. The summed E-state index contributed by atoms with van der Waals surface area (Å²) in [5.74, 6) is 1.76. The molecule has 6 N–H and O–H groups in total. The summed E-state index contributed by atoms with van der Waals surface area (Å²) < 4.78 is 11.0. The maximum absolute atomic E-state index is 7.34. The van der Waals surface area contributed by atoms with Crippen LogP contribution in [-0.2, 0) is 0 Å². The van der Waals surface area contributed by atoms with Crippen LogP contribution in [0.4, 0.5) is 0 Å². The molecule has 0 spiro atoms. The van der Waals surface area contributed by atoms with Gasteiger partial charge in [0.25, 0.3) is 0 Å². The summed E-state index contributed by atoms with van der Waals surface area (Å²) in [7, 11) is 0. The SMILES string of the molecule is N=C(N)c1ccc(-c2ccc(-c3ccc(C(=N)N)o3)cc2)o1. The van der Waals surface area contributed by atoms with E-state index in [-0.39, 0.29) is 11.7 Å². The first-order valence-electron chi connectivity index (χ1n) is 6.54. The second-order valence-corrected chi connectivity index (χ2v) is 4.73. The topological polar surface area (TPSA) is 126 Å². The molecule has 0 amide bonds. The van der Waals surface area contributed by atoms with Gasteiger partial charge in [-0.15, -0.1) is 0 Å². The molecule has 0 aliphatic rings. The van der Waals surface area contributed by atoms with Crippen molar-refractivity contribution in [3.05, 3.63) is 60.1 Å². The number of hydrogen-bond acceptors (Lipinski definition) is 4. The van der Waals surface area contributed by atoms with Crippen LogP contribution in [0, 0.1) is 10.8 Å². The van der Waals surface area contributed by atoms with Crippen molar-refractivity contribution in [1.82, 2.24) is 0 Å². The molecule has 1 aromatic carbocycles. The van der Waals surface area contributed by atoms with Gasteiger partial charge in [-0.05, 0) is 24.3 Å². The molecule has 6 heteroatoms. The molecule has 110 valence electrons. The Morgan fingerprint density at radius 1 is 0.636 bits per heavy atom. The Labute approximate surface area is 126 Å². The van der Waals surface area contributed by atoms with Crippen LogP contribution in [0.2, 0.25) is 0 Å². The van der Waals surface area contributed by atoms with Gasteiger partial charge in [0.2, 0.25) is 0 Å². The summed E-state index contributed by atoms with van der Waals surface area (Å²) >= 11 is 0. The Balaban J connectivity index is 1.88. The zero-order valence-electron chi connectivity index (χ0n) is 11.6. The van der Waals surface area contributed by atoms with Crippen LogP contribution in [0.1, 0.15) is 11.5 Å². The van der Waals surface area contributed by atoms with Gasteiger partial charge in [-0.25, -0.2) is 0 Å². The molecule has 0 fully saturated rings. The average Bonchev–Trinajstić information content (AvgIpc) is 3.17. The number of hydrogen-bond donors (Lipinski definition) is 4. The number of rotatable bonds is 4. The lowest BCUT2D eigenvalue weighted by molar-refractivity contribution is 0.569. The van der Waals surface area contributed by atoms with E-state index in [1.165, 1.54) is 0 Å². The minimum Gasteiger partial charge on any atom is -0.453 e. The Morgan fingerprint density at radius 2 is 1.00 bits per heavy atom. The standard InChI is InChI=1S/C16H14N4O2/c17-15(18)13-7-5-11(21-13)9-1-2-10(4-3-9)12-6-8-14(22-12)16(19)20/h1-8H,(H3,17,18)(H3,19,20). The highest BCUT2D eigenvalue weighted by Gasteiger charge is 2.09. The summed E-state index contributed by atoms with van der Waals surface area (Å²) in [6.45, 7) is 0. The van der Waals surface area contributed by atoms with Gasteiger partial charge >= 0.3 is 0 Å². The van der Waals surface area contributed by atoms with Gasteiger partial charge in [-0.2, -0.15) is 0 Å². The monoisotopic (exact) mass is 294 g/mol. The van der Waals surface area contributed by atoms with Gasteiger partial charge in [0, 0.05) is 11.1 Å². The van der Waals surface area contributed by atoms with Crippen LogP contribution in [0.15, 0.2) is 57.4 Å². The Bertz CT molecular complexity index is 772. The van der Waals surface area contributed by atoms with Gasteiger partial charge < -0.3 is 20.3 Å². The normalized spacial score (nSPS) is 10.5. The lowest BCUT2D eigenvalue weighted by Gasteiger charge is -2.00. The summed E-state index contributed by atoms with van der Waals surface area (Å²) in [4.78, 5) is 0. The predicted octanol–water partition coefficient (Wildman–Crippen LogP) is 2.77. The van der Waals surface area contributed by atoms with Crippen molar-refractivity contribution in [3.63, 3.8) is 0 Å². The van der Waals surface area contributed by atoms with Crippen molar-refractivity contribution in [2.24, 2.45) is 11.5 Å². The van der Waals surface area contributed by atoms with Gasteiger partial charge in [0.05, 0.1) is 0 Å². The first-order chi connectivity index (χ1) is 10.5. The number of benzene rings is 1. The highest BCUT2D eigenvalue weighted by molar-refractivity contribution is 5.93. The first kappa shape index (κ1) is 13.7. The summed E-state index contributed by atoms with van der Waals surface area (Å²) in [6, 6.07) is 14.4. The molecule has 0 unspecified atom stereocenters. The fraction of sp³-hybridized carbons (Fsp3) is 0. The smallest absolute Gasteiger partial charge is 0.168 e. The fourth-order valence-electron chi connectivity index (χ4n) is 2.07. The van der Waals surface area contributed by atoms with Crippen molar-refractivity contribution in [3.8, 4) is 22.6 Å². The van der Waals surface area contributed by atoms with Crippen molar-refractivity contribution in [1.29, 1.82) is 10.8 Å². The van der Waals surface area contributed by atoms with E-state index in [9.17, 15) is 0 Å². The largest absolute Gasteiger partial charge is 0.453 e. The zero-order chi connectivity index (χ0) is 15.7. The minimum atomic E-state index is -0.102. The van der Waals surface area contributed by atoms with E-state index in [4.69, 9.17) is 31.1 Å². The number of nitrogen functional groups attached to an aromatic ring is 2. The van der Waals surface area contributed by atoms with Crippen molar-refractivity contribution in [2.45, 2.75) is 0 Å². The van der Waals surface area contributed by atoms with Crippen LogP contribution in [0.3, 0.4) is 0 Å². The maximum Gasteiger partial charge on any atom is 0.168 e. The second kappa shape index (κ2) is 5.25. The third-order valence-corrected chi connectivity index (χ3v) is 3.20. The van der Waals surface area contributed by atoms with Crippen LogP contribution in [0.5, 0.6) is 0 Å². The molecular weight excluding hydrogens is 280 g/mol. The molecule has 0 saturated heterocycles. The number of furan rings is 2. The third kappa shape index (κ3) is 2.49. The molecule has 3 rings (SSSR count). The van der Waals surface area contributed by atoms with E-state index in [1.807, 2.05) is 24.3 Å². The lowest BCUT2D eigenvalue weighted by Crippen LogP contribution is -2.09. The van der Waals surface area contributed by atoms with Gasteiger partial charge in [-0.3, -0.25) is 10.8 Å². The third-order valence-electron chi connectivity index (χ3n) is 3.20. The van der Waals surface area contributed by atoms with E-state index in [1.54, 1.807) is 24.3 Å². The molecule has 0 saturated carbocycles. The van der Waals surface area contributed by atoms with Crippen LogP contribution >= 0.6 is 0 Å². The Kier molecular flexibility index (Phi) is 3.27. The molecule has 0 aliphatic heterocycles. The van der Waals surface area contributed by atoms with Crippen molar-refractivity contribution in [2.75, 3.05) is 0 Å².